The van der Waals surface area contributed by atoms with E-state index in [2.05, 4.69) is 276 Å². The molecule has 0 amide bonds. The van der Waals surface area contributed by atoms with Crippen LogP contribution in [0.25, 0.3) is 104 Å². The van der Waals surface area contributed by atoms with Crippen LogP contribution in [0.3, 0.4) is 0 Å². The third kappa shape index (κ3) is 7.05. The number of hydrogen-bond acceptors (Lipinski definition) is 1. The molecule has 0 fully saturated rings. The summed E-state index contributed by atoms with van der Waals surface area (Å²) < 4.78 is 2.48. The molecular weight excluding hydrogens is 833 g/mol. The first kappa shape index (κ1) is 40.3. The van der Waals surface area contributed by atoms with Gasteiger partial charge in [-0.1, -0.05) is 231 Å². The molecule has 13 aromatic rings. The predicted octanol–water partition coefficient (Wildman–Crippen LogP) is 18.2. The number of anilines is 2. The highest BCUT2D eigenvalue weighted by Gasteiger charge is 2.22. The van der Waals surface area contributed by atoms with Gasteiger partial charge in [0.15, 0.2) is 0 Å². The van der Waals surface area contributed by atoms with Gasteiger partial charge in [0.2, 0.25) is 0 Å². The second-order valence-corrected chi connectivity index (χ2v) is 18.0. The van der Waals surface area contributed by atoms with Crippen LogP contribution in [0.5, 0.6) is 0 Å². The van der Waals surface area contributed by atoms with Crippen molar-refractivity contribution in [1.29, 1.82) is 0 Å². The third-order valence-electron chi connectivity index (χ3n) is 14.1. The number of nitrogens with zero attached hydrogens (tertiary/aromatic N) is 2. The topological polar surface area (TPSA) is 8.17 Å². The molecule has 324 valence electrons. The third-order valence-corrected chi connectivity index (χ3v) is 14.1. The molecule has 0 spiro atoms. The maximum atomic E-state index is 2.56. The first-order valence-electron chi connectivity index (χ1n) is 23.9. The Morgan fingerprint density at radius 2 is 0.884 bits per heavy atom. The smallest absolute Gasteiger partial charge is 0.0619 e. The van der Waals surface area contributed by atoms with Crippen molar-refractivity contribution in [2.45, 2.75) is 6.54 Å². The van der Waals surface area contributed by atoms with E-state index < -0.39 is 0 Å². The Bertz CT molecular complexity index is 4050. The molecule has 0 bridgehead atoms. The van der Waals surface area contributed by atoms with E-state index >= 15 is 0 Å². The van der Waals surface area contributed by atoms with E-state index in [-0.39, 0.29) is 0 Å². The highest BCUT2D eigenvalue weighted by molar-refractivity contribution is 6.18. The van der Waals surface area contributed by atoms with Crippen LogP contribution < -0.4 is 4.90 Å². The second kappa shape index (κ2) is 17.0. The molecule has 0 radical (unpaired) electrons. The van der Waals surface area contributed by atoms with Gasteiger partial charge in [-0.15, -0.1) is 0 Å². The summed E-state index contributed by atoms with van der Waals surface area (Å²) in [6, 6.07) is 98.0. The van der Waals surface area contributed by atoms with Crippen LogP contribution in [-0.4, -0.2) is 4.57 Å². The van der Waals surface area contributed by atoms with Gasteiger partial charge in [-0.05, 0) is 102 Å². The van der Waals surface area contributed by atoms with E-state index in [4.69, 9.17) is 0 Å². The Kier molecular flexibility index (Phi) is 9.95. The number of aromatic nitrogens is 1. The fourth-order valence-corrected chi connectivity index (χ4v) is 10.9. The lowest BCUT2D eigenvalue weighted by atomic mass is 9.91. The predicted molar refractivity (Wildman–Crippen MR) is 294 cm³/mol. The van der Waals surface area contributed by atoms with Crippen LogP contribution >= 0.6 is 0 Å². The molecule has 1 aromatic heterocycles. The molecule has 1 heterocycles. The lowest BCUT2D eigenvalue weighted by Crippen LogP contribution is -2.18. The normalized spacial score (nSPS) is 11.5. The Balaban J connectivity index is 1.03. The van der Waals surface area contributed by atoms with Crippen LogP contribution in [0.2, 0.25) is 0 Å². The van der Waals surface area contributed by atoms with E-state index in [0.717, 1.165) is 17.1 Å². The molecule has 0 saturated heterocycles. The number of fused-ring (bicyclic) bond motifs is 7. The maximum absolute atomic E-state index is 2.56. The molecule has 0 aliphatic heterocycles. The fraction of sp³-hybridized carbons (Fsp3) is 0.0149. The maximum Gasteiger partial charge on any atom is 0.0619 e. The van der Waals surface area contributed by atoms with Gasteiger partial charge in [0, 0.05) is 50.7 Å². The fourth-order valence-electron chi connectivity index (χ4n) is 10.9. The van der Waals surface area contributed by atoms with Crippen LogP contribution in [0.4, 0.5) is 11.4 Å². The number of rotatable bonds is 9. The van der Waals surface area contributed by atoms with Crippen molar-refractivity contribution in [1.82, 2.24) is 4.57 Å². The van der Waals surface area contributed by atoms with Gasteiger partial charge in [-0.2, -0.15) is 0 Å². The number of benzene rings is 12. The van der Waals surface area contributed by atoms with Gasteiger partial charge in [0.05, 0.1) is 11.0 Å². The molecule has 0 saturated carbocycles. The SMILES string of the molecule is c1ccc(-c2ccc(CN(c3ccccc3-c3ccccc3)c3ccc(-c4cccc5ccccc45)c4ccccc34)c(-c3cccc(-n4c5ccccc5c5ccc6ccccc6c54)c3)c2)cc1. The number of para-hydroxylation sites is 2. The zero-order valence-electron chi connectivity index (χ0n) is 38.0. The summed E-state index contributed by atoms with van der Waals surface area (Å²) in [6.45, 7) is 0.621. The minimum Gasteiger partial charge on any atom is -0.336 e. The van der Waals surface area contributed by atoms with Gasteiger partial charge in [-0.25, -0.2) is 0 Å². The van der Waals surface area contributed by atoms with Crippen molar-refractivity contribution in [2.75, 3.05) is 4.90 Å². The van der Waals surface area contributed by atoms with Crippen LogP contribution in [-0.2, 0) is 6.54 Å². The van der Waals surface area contributed by atoms with E-state index in [1.165, 1.54) is 104 Å². The molecule has 12 aromatic carbocycles. The van der Waals surface area contributed by atoms with Crippen molar-refractivity contribution in [3.05, 3.63) is 272 Å². The van der Waals surface area contributed by atoms with E-state index in [9.17, 15) is 0 Å². The van der Waals surface area contributed by atoms with Crippen molar-refractivity contribution in [3.8, 4) is 50.2 Å². The Morgan fingerprint density at radius 3 is 1.71 bits per heavy atom. The lowest BCUT2D eigenvalue weighted by Gasteiger charge is -2.30. The Morgan fingerprint density at radius 1 is 0.290 bits per heavy atom. The molecular formula is C67H46N2. The number of hydrogen-bond donors (Lipinski definition) is 0. The molecule has 0 aliphatic rings. The van der Waals surface area contributed by atoms with Crippen LogP contribution in [0.15, 0.2) is 267 Å². The van der Waals surface area contributed by atoms with Crippen LogP contribution in [0.1, 0.15) is 5.56 Å². The Labute approximate surface area is 402 Å². The molecule has 0 N–H and O–H groups in total. The zero-order valence-corrected chi connectivity index (χ0v) is 38.0. The lowest BCUT2D eigenvalue weighted by molar-refractivity contribution is 0.983. The van der Waals surface area contributed by atoms with Crippen molar-refractivity contribution in [2.24, 2.45) is 0 Å². The standard InChI is InChI=1S/C67H46N2/c1-3-19-46(20-4-1)50-37-38-52(63(44-50)51-26-17-27-53(43-51)69-66-36-16-14-33-61(66)62-40-39-49-24-8-10-30-56(49)67(62)69)45-68(64-35-15-13-29-55(64)48-21-5-2-6-22-48)65-42-41-59(58-31-11-12-32-60(58)65)57-34-18-25-47-23-7-9-28-54(47)57/h1-44H,45H2. The largest absolute Gasteiger partial charge is 0.336 e. The molecule has 0 atom stereocenters. The van der Waals surface area contributed by atoms with Gasteiger partial charge >= 0.3 is 0 Å². The first-order chi connectivity index (χ1) is 34.2. The summed E-state index contributed by atoms with van der Waals surface area (Å²) in [7, 11) is 0. The second-order valence-electron chi connectivity index (χ2n) is 18.0. The van der Waals surface area contributed by atoms with E-state index in [1.807, 2.05) is 0 Å². The highest BCUT2D eigenvalue weighted by atomic mass is 15.1. The summed E-state index contributed by atoms with van der Waals surface area (Å²) in [5.74, 6) is 0. The molecule has 0 aliphatic carbocycles. The van der Waals surface area contributed by atoms with Crippen molar-refractivity contribution >= 4 is 65.5 Å². The quantitative estimate of drug-likeness (QED) is 0.140. The monoisotopic (exact) mass is 878 g/mol. The van der Waals surface area contributed by atoms with Crippen molar-refractivity contribution in [3.63, 3.8) is 0 Å². The van der Waals surface area contributed by atoms with E-state index in [0.29, 0.717) is 6.54 Å². The summed E-state index contributed by atoms with van der Waals surface area (Å²) in [6.07, 6.45) is 0. The minimum atomic E-state index is 0.621. The van der Waals surface area contributed by atoms with Crippen molar-refractivity contribution < 1.29 is 0 Å². The van der Waals surface area contributed by atoms with Gasteiger partial charge < -0.3 is 9.47 Å². The van der Waals surface area contributed by atoms with Gasteiger partial charge in [-0.3, -0.25) is 0 Å². The highest BCUT2D eigenvalue weighted by Crippen LogP contribution is 2.45. The average Bonchev–Trinajstić information content (AvgIpc) is 3.78. The van der Waals surface area contributed by atoms with Crippen LogP contribution in [0, 0.1) is 0 Å². The summed E-state index contributed by atoms with van der Waals surface area (Å²) in [5, 5.41) is 9.90. The molecule has 0 unspecified atom stereocenters. The minimum absolute atomic E-state index is 0.621. The molecule has 13 rings (SSSR count). The summed E-state index contributed by atoms with van der Waals surface area (Å²) >= 11 is 0. The summed E-state index contributed by atoms with van der Waals surface area (Å²) in [4.78, 5) is 2.56. The zero-order chi connectivity index (χ0) is 45.7. The summed E-state index contributed by atoms with van der Waals surface area (Å²) in [5.41, 5.74) is 16.7. The first-order valence-corrected chi connectivity index (χ1v) is 23.9. The average molecular weight is 879 g/mol. The van der Waals surface area contributed by atoms with Gasteiger partial charge in [0.25, 0.3) is 0 Å². The van der Waals surface area contributed by atoms with Gasteiger partial charge in [0.1, 0.15) is 0 Å². The Hall–Kier alpha value is -8.98. The molecule has 69 heavy (non-hydrogen) atoms. The van der Waals surface area contributed by atoms with E-state index in [1.54, 1.807) is 0 Å². The molecule has 2 nitrogen and oxygen atoms in total. The molecule has 2 heteroatoms.